The molecule has 6 heteroatoms. The highest BCUT2D eigenvalue weighted by atomic mass is 35.5. The molecule has 19 heavy (non-hydrogen) atoms. The van der Waals surface area contributed by atoms with E-state index in [1.165, 1.54) is 25.3 Å². The number of halogens is 3. The first-order chi connectivity index (χ1) is 8.80. The van der Waals surface area contributed by atoms with Crippen LogP contribution in [0.2, 0.25) is 0 Å². The van der Waals surface area contributed by atoms with Crippen LogP contribution in [0.15, 0.2) is 18.2 Å². The first-order valence-electron chi connectivity index (χ1n) is 5.67. The van der Waals surface area contributed by atoms with Gasteiger partial charge in [0.2, 0.25) is 0 Å². The molecule has 1 aromatic rings. The van der Waals surface area contributed by atoms with E-state index in [4.69, 9.17) is 32.7 Å². The maximum absolute atomic E-state index is 13.1. The molecule has 0 spiro atoms. The summed E-state index contributed by atoms with van der Waals surface area (Å²) in [7, 11) is 1.46. The van der Waals surface area contributed by atoms with Gasteiger partial charge in [0.15, 0.2) is 0 Å². The lowest BCUT2D eigenvalue weighted by molar-refractivity contribution is -0.151. The molecule has 1 aliphatic carbocycles. The lowest BCUT2D eigenvalue weighted by atomic mass is 10.1. The number of benzene rings is 1. The molecular weight excluding hydrogens is 294 g/mol. The molecule has 0 aromatic heterocycles. The fourth-order valence-electron chi connectivity index (χ4n) is 1.78. The van der Waals surface area contributed by atoms with Crippen LogP contribution in [0.25, 0.3) is 0 Å². The third kappa shape index (κ3) is 2.65. The molecule has 0 heterocycles. The molecule has 2 rings (SSSR count). The van der Waals surface area contributed by atoms with Gasteiger partial charge in [0.1, 0.15) is 27.9 Å². The Morgan fingerprint density at radius 1 is 1.47 bits per heavy atom. The van der Waals surface area contributed by atoms with E-state index in [0.29, 0.717) is 17.7 Å². The number of carbonyl (C=O) groups excluding carboxylic acids is 1. The van der Waals surface area contributed by atoms with Crippen molar-refractivity contribution in [1.29, 1.82) is 0 Å². The molecule has 1 fully saturated rings. The lowest BCUT2D eigenvalue weighted by Crippen LogP contribution is -2.21. The Labute approximate surface area is 120 Å². The van der Waals surface area contributed by atoms with E-state index in [2.05, 4.69) is 0 Å². The third-order valence-electron chi connectivity index (χ3n) is 3.31. The Morgan fingerprint density at radius 2 is 2.11 bits per heavy atom. The monoisotopic (exact) mass is 306 g/mol. The molecule has 0 aliphatic heterocycles. The van der Waals surface area contributed by atoms with E-state index < -0.39 is 21.5 Å². The van der Waals surface area contributed by atoms with Gasteiger partial charge in [0.25, 0.3) is 0 Å². The van der Waals surface area contributed by atoms with Crippen LogP contribution < -0.4 is 4.74 Å². The van der Waals surface area contributed by atoms with Gasteiger partial charge < -0.3 is 9.47 Å². The number of methoxy groups -OCH3 is 1. The molecule has 0 amide bonds. The van der Waals surface area contributed by atoms with Crippen molar-refractivity contribution in [2.75, 3.05) is 7.11 Å². The van der Waals surface area contributed by atoms with Gasteiger partial charge in [-0.25, -0.2) is 4.39 Å². The van der Waals surface area contributed by atoms with Crippen LogP contribution in [0.5, 0.6) is 5.75 Å². The molecule has 1 unspecified atom stereocenters. The molecule has 0 bridgehead atoms. The summed E-state index contributed by atoms with van der Waals surface area (Å²) in [6.07, 6.45) is 0.349. The molecule has 0 saturated heterocycles. The van der Waals surface area contributed by atoms with Gasteiger partial charge >= 0.3 is 5.97 Å². The number of alkyl halides is 2. The smallest absolute Gasteiger partial charge is 0.315 e. The van der Waals surface area contributed by atoms with Crippen LogP contribution in [0.4, 0.5) is 4.39 Å². The second kappa shape index (κ2) is 4.84. The maximum Gasteiger partial charge on any atom is 0.315 e. The van der Waals surface area contributed by atoms with Crippen molar-refractivity contribution in [3.05, 3.63) is 29.6 Å². The number of hydrogen-bond acceptors (Lipinski definition) is 3. The Hall–Kier alpha value is -1.000. The van der Waals surface area contributed by atoms with Gasteiger partial charge in [-0.05, 0) is 25.1 Å². The molecule has 1 saturated carbocycles. The Bertz CT molecular complexity index is 519. The van der Waals surface area contributed by atoms with Gasteiger partial charge in [-0.15, -0.1) is 23.2 Å². The second-order valence-corrected chi connectivity index (χ2v) is 6.23. The molecule has 3 nitrogen and oxygen atoms in total. The molecule has 104 valence electrons. The highest BCUT2D eigenvalue weighted by Gasteiger charge is 2.69. The zero-order valence-electron chi connectivity index (χ0n) is 10.5. The van der Waals surface area contributed by atoms with Gasteiger partial charge in [-0.1, -0.05) is 0 Å². The summed E-state index contributed by atoms with van der Waals surface area (Å²) in [6, 6.07) is 4.01. The average Bonchev–Trinajstić information content (AvgIpc) is 2.87. The SMILES string of the molecule is COc1ccc(F)cc1COC(=O)C1(C)CC1(Cl)Cl. The molecular formula is C13H13Cl2FO3. The minimum Gasteiger partial charge on any atom is -0.496 e. The fourth-order valence-corrected chi connectivity index (χ4v) is 2.47. The van der Waals surface area contributed by atoms with Crippen molar-refractivity contribution in [1.82, 2.24) is 0 Å². The summed E-state index contributed by atoms with van der Waals surface area (Å²) in [5.41, 5.74) is -0.439. The highest BCUT2D eigenvalue weighted by Crippen LogP contribution is 2.64. The summed E-state index contributed by atoms with van der Waals surface area (Å²) in [6.45, 7) is 1.55. The number of esters is 1. The predicted molar refractivity (Wildman–Crippen MR) is 69.9 cm³/mol. The molecule has 1 aromatic carbocycles. The van der Waals surface area contributed by atoms with Crippen molar-refractivity contribution < 1.29 is 18.7 Å². The largest absolute Gasteiger partial charge is 0.496 e. The zero-order valence-corrected chi connectivity index (χ0v) is 12.0. The summed E-state index contributed by atoms with van der Waals surface area (Å²) in [5, 5.41) is 0. The average molecular weight is 307 g/mol. The van der Waals surface area contributed by atoms with Crippen LogP contribution in [0, 0.1) is 11.2 Å². The van der Waals surface area contributed by atoms with Gasteiger partial charge in [-0.3, -0.25) is 4.79 Å². The maximum atomic E-state index is 13.1. The van der Waals surface area contributed by atoms with Crippen LogP contribution in [-0.4, -0.2) is 17.4 Å². The van der Waals surface area contributed by atoms with Crippen molar-refractivity contribution in [3.8, 4) is 5.75 Å². The van der Waals surface area contributed by atoms with Crippen LogP contribution in [0.1, 0.15) is 18.9 Å². The van der Waals surface area contributed by atoms with E-state index in [1.54, 1.807) is 6.92 Å². The minimum atomic E-state index is -1.07. The quantitative estimate of drug-likeness (QED) is 0.631. The Balaban J connectivity index is 2.04. The Morgan fingerprint density at radius 3 is 2.63 bits per heavy atom. The molecule has 1 aliphatic rings. The standard InChI is InChI=1S/C13H13Cl2FO3/c1-12(7-13(12,14)15)11(17)19-6-8-5-9(16)3-4-10(8)18-2/h3-5H,6-7H2,1-2H3. The van der Waals surface area contributed by atoms with Crippen molar-refractivity contribution in [2.24, 2.45) is 5.41 Å². The zero-order chi connectivity index (χ0) is 14.3. The normalized spacial score (nSPS) is 23.8. The van der Waals surface area contributed by atoms with Gasteiger partial charge in [-0.2, -0.15) is 0 Å². The summed E-state index contributed by atoms with van der Waals surface area (Å²) in [5.74, 6) is -0.463. The van der Waals surface area contributed by atoms with E-state index in [9.17, 15) is 9.18 Å². The topological polar surface area (TPSA) is 35.5 Å². The summed E-state index contributed by atoms with van der Waals surface area (Å²) in [4.78, 5) is 11.9. The number of ether oxygens (including phenoxy) is 2. The third-order valence-corrected chi connectivity index (χ3v) is 4.41. The first-order valence-corrected chi connectivity index (χ1v) is 6.43. The summed E-state index contributed by atoms with van der Waals surface area (Å²) < 4.78 is 22.3. The minimum absolute atomic E-state index is 0.0841. The second-order valence-electron chi connectivity index (χ2n) is 4.75. The van der Waals surface area contributed by atoms with Crippen LogP contribution in [-0.2, 0) is 16.1 Å². The number of hydrogen-bond donors (Lipinski definition) is 0. The van der Waals surface area contributed by atoms with Crippen molar-refractivity contribution in [2.45, 2.75) is 24.3 Å². The van der Waals surface area contributed by atoms with Crippen LogP contribution in [0.3, 0.4) is 0 Å². The predicted octanol–water partition coefficient (Wildman–Crippen LogP) is 3.46. The van der Waals surface area contributed by atoms with Crippen molar-refractivity contribution in [3.63, 3.8) is 0 Å². The van der Waals surface area contributed by atoms with Gasteiger partial charge in [0, 0.05) is 12.0 Å². The Kier molecular flexibility index (Phi) is 3.67. The van der Waals surface area contributed by atoms with Crippen molar-refractivity contribution >= 4 is 29.2 Å². The van der Waals surface area contributed by atoms with E-state index in [0.717, 1.165) is 0 Å². The van der Waals surface area contributed by atoms with E-state index >= 15 is 0 Å². The lowest BCUT2D eigenvalue weighted by Gasteiger charge is -2.13. The van der Waals surface area contributed by atoms with Gasteiger partial charge in [0.05, 0.1) is 7.11 Å². The molecule has 0 N–H and O–H groups in total. The number of rotatable bonds is 4. The van der Waals surface area contributed by atoms with Crippen LogP contribution >= 0.6 is 23.2 Å². The van der Waals surface area contributed by atoms with E-state index in [-0.39, 0.29) is 6.61 Å². The fraction of sp³-hybridized carbons (Fsp3) is 0.462. The highest BCUT2D eigenvalue weighted by molar-refractivity contribution is 6.53. The number of carbonyl (C=O) groups is 1. The van der Waals surface area contributed by atoms with E-state index in [1.807, 2.05) is 0 Å². The first kappa shape index (κ1) is 14.4. The molecule has 1 atom stereocenters. The summed E-state index contributed by atoms with van der Waals surface area (Å²) >= 11 is 11.8. The molecule has 0 radical (unpaired) electrons.